The third kappa shape index (κ3) is 2.73. The second-order valence-electron chi connectivity index (χ2n) is 8.74. The molecule has 30 heavy (non-hydrogen) atoms. The monoisotopic (exact) mass is 401 g/mol. The molecule has 4 heterocycles. The van der Waals surface area contributed by atoms with Gasteiger partial charge >= 0.3 is 0 Å². The molecule has 1 saturated heterocycles. The van der Waals surface area contributed by atoms with E-state index in [1.54, 1.807) is 10.7 Å². The molecule has 6 rings (SSSR count). The maximum atomic E-state index is 13.2. The zero-order chi connectivity index (χ0) is 20.5. The van der Waals surface area contributed by atoms with Gasteiger partial charge in [-0.25, -0.2) is 4.98 Å². The fourth-order valence-corrected chi connectivity index (χ4v) is 4.87. The normalized spacial score (nSPS) is 20.2. The molecule has 1 aliphatic carbocycles. The van der Waals surface area contributed by atoms with Crippen LogP contribution in [-0.2, 0) is 7.05 Å². The summed E-state index contributed by atoms with van der Waals surface area (Å²) in [6, 6.07) is 9.34. The number of aryl methyl sites for hydroxylation is 1. The SMILES string of the molecule is Cn1cc2cc(-c3ccc4c(=O)n([C@@H]5CCNC6(CC6)C5)ccc4n3)c(O)cc2n1. The number of phenolic OH excluding ortho intramolecular Hbond substituents is 1. The van der Waals surface area contributed by atoms with Crippen molar-refractivity contribution in [1.82, 2.24) is 24.6 Å². The number of benzene rings is 1. The number of nitrogens with one attached hydrogen (secondary N) is 1. The molecule has 2 fully saturated rings. The van der Waals surface area contributed by atoms with E-state index in [0.717, 1.165) is 30.3 Å². The van der Waals surface area contributed by atoms with E-state index in [-0.39, 0.29) is 22.9 Å². The van der Waals surface area contributed by atoms with Gasteiger partial charge in [-0.2, -0.15) is 5.10 Å². The third-order valence-corrected chi connectivity index (χ3v) is 6.65. The van der Waals surface area contributed by atoms with E-state index in [1.807, 2.05) is 48.3 Å². The molecule has 1 spiro atoms. The number of aromatic hydroxyl groups is 1. The Kier molecular flexibility index (Phi) is 3.62. The van der Waals surface area contributed by atoms with E-state index < -0.39 is 0 Å². The van der Waals surface area contributed by atoms with Gasteiger partial charge in [-0.1, -0.05) is 0 Å². The van der Waals surface area contributed by atoms with Crippen LogP contribution >= 0.6 is 0 Å². The Balaban J connectivity index is 1.42. The van der Waals surface area contributed by atoms with Crippen molar-refractivity contribution in [1.29, 1.82) is 0 Å². The van der Waals surface area contributed by atoms with Crippen molar-refractivity contribution in [3.8, 4) is 17.0 Å². The van der Waals surface area contributed by atoms with Crippen molar-refractivity contribution in [3.63, 3.8) is 0 Å². The first kappa shape index (κ1) is 17.7. The van der Waals surface area contributed by atoms with Gasteiger partial charge < -0.3 is 15.0 Å². The van der Waals surface area contributed by atoms with E-state index in [9.17, 15) is 9.90 Å². The summed E-state index contributed by atoms with van der Waals surface area (Å²) in [7, 11) is 1.85. The van der Waals surface area contributed by atoms with E-state index in [2.05, 4.69) is 10.4 Å². The number of hydrogen-bond acceptors (Lipinski definition) is 5. The lowest BCUT2D eigenvalue weighted by atomic mass is 9.97. The number of phenols is 1. The van der Waals surface area contributed by atoms with E-state index in [1.165, 1.54) is 12.8 Å². The van der Waals surface area contributed by atoms with Gasteiger partial charge in [-0.15, -0.1) is 0 Å². The highest BCUT2D eigenvalue weighted by atomic mass is 16.3. The first-order valence-electron chi connectivity index (χ1n) is 10.5. The van der Waals surface area contributed by atoms with Crippen molar-refractivity contribution in [2.45, 2.75) is 37.3 Å². The number of rotatable bonds is 2. The average molecular weight is 401 g/mol. The highest BCUT2D eigenvalue weighted by Crippen LogP contribution is 2.45. The Hall–Kier alpha value is -3.19. The number of nitrogens with zero attached hydrogens (tertiary/aromatic N) is 4. The maximum Gasteiger partial charge on any atom is 0.260 e. The summed E-state index contributed by atoms with van der Waals surface area (Å²) in [6.45, 7) is 0.961. The Morgan fingerprint density at radius 2 is 2.07 bits per heavy atom. The minimum Gasteiger partial charge on any atom is -0.507 e. The molecule has 7 heteroatoms. The fourth-order valence-electron chi connectivity index (χ4n) is 4.87. The van der Waals surface area contributed by atoms with Gasteiger partial charge in [-0.05, 0) is 56.5 Å². The largest absolute Gasteiger partial charge is 0.507 e. The maximum absolute atomic E-state index is 13.2. The number of pyridine rings is 2. The second kappa shape index (κ2) is 6.15. The van der Waals surface area contributed by atoms with E-state index in [0.29, 0.717) is 22.2 Å². The van der Waals surface area contributed by atoms with Crippen molar-refractivity contribution < 1.29 is 5.11 Å². The Morgan fingerprint density at radius 3 is 2.90 bits per heavy atom. The highest BCUT2D eigenvalue weighted by Gasteiger charge is 2.46. The third-order valence-electron chi connectivity index (χ3n) is 6.65. The van der Waals surface area contributed by atoms with E-state index >= 15 is 0 Å². The Bertz CT molecular complexity index is 1370. The smallest absolute Gasteiger partial charge is 0.260 e. The zero-order valence-corrected chi connectivity index (χ0v) is 16.8. The lowest BCUT2D eigenvalue weighted by Gasteiger charge is -2.31. The molecular weight excluding hydrogens is 378 g/mol. The molecule has 1 saturated carbocycles. The summed E-state index contributed by atoms with van der Waals surface area (Å²) in [6.07, 6.45) is 8.20. The van der Waals surface area contributed by atoms with Crippen LogP contribution in [-0.4, -0.2) is 36.5 Å². The molecule has 1 aromatic carbocycles. The number of hydrogen-bond donors (Lipinski definition) is 2. The molecule has 3 aromatic heterocycles. The lowest BCUT2D eigenvalue weighted by Crippen LogP contribution is -2.42. The van der Waals surface area contributed by atoms with Gasteiger partial charge in [-0.3, -0.25) is 9.48 Å². The fraction of sp³-hybridized carbons (Fsp3) is 0.348. The zero-order valence-electron chi connectivity index (χ0n) is 16.8. The highest BCUT2D eigenvalue weighted by molar-refractivity contribution is 5.89. The quantitative estimate of drug-likeness (QED) is 0.539. The van der Waals surface area contributed by atoms with Crippen LogP contribution in [0.2, 0.25) is 0 Å². The molecule has 0 radical (unpaired) electrons. The molecule has 2 N–H and O–H groups in total. The summed E-state index contributed by atoms with van der Waals surface area (Å²) in [5, 5.41) is 20.0. The van der Waals surface area contributed by atoms with E-state index in [4.69, 9.17) is 4.98 Å². The minimum absolute atomic E-state index is 0.0150. The van der Waals surface area contributed by atoms with Crippen LogP contribution in [0.15, 0.2) is 47.5 Å². The van der Waals surface area contributed by atoms with Crippen LogP contribution in [0.5, 0.6) is 5.75 Å². The van der Waals surface area contributed by atoms with Crippen molar-refractivity contribution >= 4 is 21.8 Å². The first-order valence-corrected chi connectivity index (χ1v) is 10.5. The summed E-state index contributed by atoms with van der Waals surface area (Å²) in [5.74, 6) is 0.130. The molecule has 0 bridgehead atoms. The first-order chi connectivity index (χ1) is 14.5. The molecule has 2 aliphatic rings. The Morgan fingerprint density at radius 1 is 1.20 bits per heavy atom. The molecule has 0 amide bonds. The Labute approximate surface area is 173 Å². The minimum atomic E-state index is 0.0150. The van der Waals surface area contributed by atoms with Crippen LogP contribution < -0.4 is 10.9 Å². The summed E-state index contributed by atoms with van der Waals surface area (Å²) >= 11 is 0. The van der Waals surface area contributed by atoms with Gasteiger partial charge in [0, 0.05) is 48.0 Å². The molecule has 7 nitrogen and oxygen atoms in total. The summed E-state index contributed by atoms with van der Waals surface area (Å²) in [4.78, 5) is 17.9. The van der Waals surface area contributed by atoms with Crippen LogP contribution in [0.25, 0.3) is 33.1 Å². The number of fused-ring (bicyclic) bond motifs is 2. The van der Waals surface area contributed by atoms with Crippen LogP contribution in [0.4, 0.5) is 0 Å². The van der Waals surface area contributed by atoms with Gasteiger partial charge in [0.2, 0.25) is 0 Å². The topological polar surface area (TPSA) is 85.0 Å². The van der Waals surface area contributed by atoms with Gasteiger partial charge in [0.25, 0.3) is 5.56 Å². The molecule has 1 aliphatic heterocycles. The predicted octanol–water partition coefficient (Wildman–Crippen LogP) is 3.11. The van der Waals surface area contributed by atoms with Gasteiger partial charge in [0.15, 0.2) is 0 Å². The molecule has 1 atom stereocenters. The number of piperidine rings is 1. The van der Waals surface area contributed by atoms with Gasteiger partial charge in [0.1, 0.15) is 5.75 Å². The van der Waals surface area contributed by atoms with Crippen LogP contribution in [0, 0.1) is 0 Å². The standard InChI is InChI=1S/C23H23N5O2/c1-27-13-14-10-17(21(29)11-20(14)26-27)18-3-2-16-19(25-18)5-9-28(22(16)30)15-4-8-24-23(12-15)6-7-23/h2-3,5,9-11,13,15,24,29H,4,6-8,12H2,1H3/t15-/m1/s1. The van der Waals surface area contributed by atoms with Crippen LogP contribution in [0.3, 0.4) is 0 Å². The molecule has 4 aromatic rings. The lowest BCUT2D eigenvalue weighted by molar-refractivity contribution is 0.282. The molecule has 152 valence electrons. The predicted molar refractivity (Wildman–Crippen MR) is 116 cm³/mol. The second-order valence-corrected chi connectivity index (χ2v) is 8.74. The molecular formula is C23H23N5O2. The average Bonchev–Trinajstić information content (AvgIpc) is 3.37. The van der Waals surface area contributed by atoms with Gasteiger partial charge in [0.05, 0.1) is 22.1 Å². The van der Waals surface area contributed by atoms with Crippen molar-refractivity contribution in [3.05, 3.63) is 53.1 Å². The summed E-state index contributed by atoms with van der Waals surface area (Å²) < 4.78 is 3.61. The van der Waals surface area contributed by atoms with Crippen molar-refractivity contribution in [2.75, 3.05) is 6.54 Å². The summed E-state index contributed by atoms with van der Waals surface area (Å²) in [5.41, 5.74) is 2.94. The van der Waals surface area contributed by atoms with Crippen LogP contribution in [0.1, 0.15) is 31.7 Å². The molecule has 0 unspecified atom stereocenters. The van der Waals surface area contributed by atoms with Crippen molar-refractivity contribution in [2.24, 2.45) is 7.05 Å². The number of aromatic nitrogens is 4.